The molecule has 0 saturated heterocycles. The van der Waals surface area contributed by atoms with Gasteiger partial charge in [-0.15, -0.1) is 0 Å². The first-order chi connectivity index (χ1) is 16.7. The van der Waals surface area contributed by atoms with Gasteiger partial charge in [-0.1, -0.05) is 12.1 Å². The third kappa shape index (κ3) is 4.50. The standard InChI is InChI=1S/C25H17NO9/c27-13-2-5-16-20(10-13)35-21-11-14(28)3-6-17(21)23(16)15-4-1-12(9-18(15)25(32)33)24(31)19(29)7-8-22(30)26-34/h1-6,9-11,27,34H,7-8H2,(H,26,30)(H,32,33). The smallest absolute Gasteiger partial charge is 0.336 e. The summed E-state index contributed by atoms with van der Waals surface area (Å²) in [5.41, 5.74) is 1.77. The van der Waals surface area contributed by atoms with Crippen molar-refractivity contribution >= 4 is 34.4 Å². The molecule has 176 valence electrons. The maximum absolute atomic E-state index is 12.6. The number of benzene rings is 3. The van der Waals surface area contributed by atoms with Crippen molar-refractivity contribution in [3.8, 4) is 28.2 Å². The maximum Gasteiger partial charge on any atom is 0.336 e. The van der Waals surface area contributed by atoms with Crippen LogP contribution in [0.2, 0.25) is 0 Å². The largest absolute Gasteiger partial charge is 0.508 e. The molecule has 1 aliphatic heterocycles. The topological polar surface area (TPSA) is 171 Å². The molecule has 2 aliphatic rings. The number of nitrogens with one attached hydrogen (secondary N) is 1. The van der Waals surface area contributed by atoms with E-state index in [0.717, 1.165) is 6.07 Å². The highest BCUT2D eigenvalue weighted by atomic mass is 16.5. The zero-order chi connectivity index (χ0) is 25.3. The van der Waals surface area contributed by atoms with Gasteiger partial charge in [0.05, 0.1) is 5.56 Å². The molecule has 2 aromatic carbocycles. The van der Waals surface area contributed by atoms with Crippen LogP contribution in [0.15, 0.2) is 63.8 Å². The minimum absolute atomic E-state index is 0.0994. The number of phenols is 1. The van der Waals surface area contributed by atoms with Crippen LogP contribution in [0.25, 0.3) is 33.4 Å². The number of hydrogen-bond acceptors (Lipinski definition) is 8. The molecule has 0 fully saturated rings. The summed E-state index contributed by atoms with van der Waals surface area (Å²) >= 11 is 0. The Hall–Kier alpha value is -4.83. The van der Waals surface area contributed by atoms with Gasteiger partial charge in [0.1, 0.15) is 17.1 Å². The second-order valence-electron chi connectivity index (χ2n) is 7.67. The van der Waals surface area contributed by atoms with E-state index >= 15 is 0 Å². The van der Waals surface area contributed by atoms with E-state index in [0.29, 0.717) is 16.5 Å². The lowest BCUT2D eigenvalue weighted by atomic mass is 9.89. The molecule has 0 aromatic heterocycles. The van der Waals surface area contributed by atoms with Gasteiger partial charge in [0.25, 0.3) is 0 Å². The summed E-state index contributed by atoms with van der Waals surface area (Å²) in [6.45, 7) is 0. The van der Waals surface area contributed by atoms with Gasteiger partial charge in [-0.25, -0.2) is 10.3 Å². The third-order valence-corrected chi connectivity index (χ3v) is 5.42. The highest BCUT2D eigenvalue weighted by Gasteiger charge is 2.25. The van der Waals surface area contributed by atoms with Gasteiger partial charge >= 0.3 is 5.97 Å². The van der Waals surface area contributed by atoms with Crippen molar-refractivity contribution in [2.75, 3.05) is 0 Å². The Morgan fingerprint density at radius 2 is 1.63 bits per heavy atom. The average molecular weight is 475 g/mol. The fourth-order valence-electron chi connectivity index (χ4n) is 3.79. The van der Waals surface area contributed by atoms with E-state index in [2.05, 4.69) is 0 Å². The first-order valence-corrected chi connectivity index (χ1v) is 10.3. The normalized spacial score (nSPS) is 10.9. The number of ketones is 2. The Balaban J connectivity index is 1.89. The van der Waals surface area contributed by atoms with E-state index in [1.54, 1.807) is 0 Å². The second-order valence-corrected chi connectivity index (χ2v) is 7.67. The van der Waals surface area contributed by atoms with Gasteiger partial charge < -0.3 is 14.6 Å². The van der Waals surface area contributed by atoms with Crippen molar-refractivity contribution in [3.63, 3.8) is 0 Å². The van der Waals surface area contributed by atoms with Crippen LogP contribution in [0.4, 0.5) is 0 Å². The molecule has 0 bridgehead atoms. The second kappa shape index (κ2) is 9.20. The molecule has 10 nitrogen and oxygen atoms in total. The molecule has 0 saturated carbocycles. The Kier molecular flexibility index (Phi) is 6.13. The zero-order valence-corrected chi connectivity index (χ0v) is 17.9. The number of carbonyl (C=O) groups is 4. The van der Waals surface area contributed by atoms with Crippen molar-refractivity contribution < 1.29 is 39.0 Å². The van der Waals surface area contributed by atoms with Crippen LogP contribution in [0.3, 0.4) is 0 Å². The van der Waals surface area contributed by atoms with E-state index in [4.69, 9.17) is 9.62 Å². The lowest BCUT2D eigenvalue weighted by molar-refractivity contribution is -0.130. The van der Waals surface area contributed by atoms with Gasteiger partial charge in [-0.05, 0) is 35.9 Å². The molecule has 2 aromatic rings. The highest BCUT2D eigenvalue weighted by molar-refractivity contribution is 6.44. The molecule has 1 amide bonds. The molecule has 1 heterocycles. The minimum Gasteiger partial charge on any atom is -0.508 e. The number of fused-ring (bicyclic) bond motifs is 2. The molecule has 0 unspecified atom stereocenters. The first-order valence-electron chi connectivity index (χ1n) is 10.3. The van der Waals surface area contributed by atoms with E-state index < -0.39 is 36.3 Å². The average Bonchev–Trinajstić information content (AvgIpc) is 2.84. The SMILES string of the molecule is O=C(CCC(=O)C(=O)c1ccc(-c2c3ccc(=O)cc-3oc3cc(O)ccc23)c(C(=O)O)c1)NO. The molecule has 0 spiro atoms. The highest BCUT2D eigenvalue weighted by Crippen LogP contribution is 2.42. The molecular weight excluding hydrogens is 458 g/mol. The number of aromatic carboxylic acids is 1. The minimum atomic E-state index is -1.37. The van der Waals surface area contributed by atoms with Gasteiger partial charge in [-0.3, -0.25) is 24.4 Å². The van der Waals surface area contributed by atoms with Crippen LogP contribution in [-0.2, 0) is 9.59 Å². The molecule has 0 atom stereocenters. The Labute approximate surface area is 196 Å². The lowest BCUT2D eigenvalue weighted by Crippen LogP contribution is -2.22. The van der Waals surface area contributed by atoms with Crippen molar-refractivity contribution in [3.05, 3.63) is 75.9 Å². The van der Waals surface area contributed by atoms with Gasteiger partial charge in [0, 0.05) is 47.1 Å². The predicted octanol–water partition coefficient (Wildman–Crippen LogP) is 3.01. The number of Topliss-reactive ketones (excluding diaryl/α,β-unsaturated/α-hetero) is 2. The van der Waals surface area contributed by atoms with Crippen molar-refractivity contribution in [2.45, 2.75) is 12.8 Å². The van der Waals surface area contributed by atoms with E-state index in [1.807, 2.05) is 0 Å². The molecular formula is C25H17NO9. The number of carbonyl (C=O) groups excluding carboxylic acids is 3. The number of phenolic OH excluding ortho intramolecular Hbond substituents is 1. The molecule has 4 rings (SSSR count). The lowest BCUT2D eigenvalue weighted by Gasteiger charge is -2.17. The number of hydroxylamine groups is 1. The predicted molar refractivity (Wildman–Crippen MR) is 122 cm³/mol. The van der Waals surface area contributed by atoms with Crippen LogP contribution in [0, 0.1) is 0 Å². The van der Waals surface area contributed by atoms with Crippen molar-refractivity contribution in [2.24, 2.45) is 0 Å². The molecule has 35 heavy (non-hydrogen) atoms. The molecule has 4 N–H and O–H groups in total. The van der Waals surface area contributed by atoms with Crippen LogP contribution in [0.1, 0.15) is 33.6 Å². The Morgan fingerprint density at radius 1 is 0.886 bits per heavy atom. The number of carboxylic acids is 1. The summed E-state index contributed by atoms with van der Waals surface area (Å²) in [7, 11) is 0. The van der Waals surface area contributed by atoms with Crippen LogP contribution >= 0.6 is 0 Å². The van der Waals surface area contributed by atoms with Gasteiger partial charge in [-0.2, -0.15) is 0 Å². The maximum atomic E-state index is 12.6. The number of aromatic hydroxyl groups is 1. The zero-order valence-electron chi connectivity index (χ0n) is 17.9. The first kappa shape index (κ1) is 23.3. The third-order valence-electron chi connectivity index (χ3n) is 5.42. The van der Waals surface area contributed by atoms with Crippen molar-refractivity contribution in [1.29, 1.82) is 0 Å². The Morgan fingerprint density at radius 3 is 2.34 bits per heavy atom. The Bertz CT molecular complexity index is 1550. The molecule has 0 radical (unpaired) electrons. The fourth-order valence-corrected chi connectivity index (χ4v) is 3.79. The summed E-state index contributed by atoms with van der Waals surface area (Å²) in [4.78, 5) is 60.0. The van der Waals surface area contributed by atoms with Crippen LogP contribution in [-0.4, -0.2) is 38.9 Å². The monoisotopic (exact) mass is 475 g/mol. The summed E-state index contributed by atoms with van der Waals surface area (Å²) in [5.74, 6) is -4.05. The number of rotatable bonds is 7. The van der Waals surface area contributed by atoms with Crippen LogP contribution in [0.5, 0.6) is 5.75 Å². The number of hydrogen-bond donors (Lipinski definition) is 4. The number of carboxylic acid groups (broad SMARTS) is 1. The molecule has 10 heteroatoms. The molecule has 1 aliphatic carbocycles. The number of amides is 1. The van der Waals surface area contributed by atoms with Gasteiger partial charge in [0.15, 0.2) is 5.43 Å². The van der Waals surface area contributed by atoms with E-state index in [9.17, 15) is 34.2 Å². The fraction of sp³-hybridized carbons (Fsp3) is 0.0800. The summed E-state index contributed by atoms with van der Waals surface area (Å²) < 4.78 is 5.76. The van der Waals surface area contributed by atoms with Crippen LogP contribution < -0.4 is 10.9 Å². The summed E-state index contributed by atoms with van der Waals surface area (Å²) in [5, 5.41) is 28.8. The summed E-state index contributed by atoms with van der Waals surface area (Å²) in [6, 6.07) is 12.0. The quantitative estimate of drug-likeness (QED) is 0.103. The van der Waals surface area contributed by atoms with E-state index in [-0.39, 0.29) is 39.2 Å². The van der Waals surface area contributed by atoms with E-state index in [1.165, 1.54) is 54.0 Å². The van der Waals surface area contributed by atoms with Crippen molar-refractivity contribution in [1.82, 2.24) is 5.48 Å². The summed E-state index contributed by atoms with van der Waals surface area (Å²) in [6.07, 6.45) is -0.878. The van der Waals surface area contributed by atoms with Gasteiger partial charge in [0.2, 0.25) is 17.5 Å².